The molecule has 0 aliphatic heterocycles. The molecule has 0 spiro atoms. The number of aromatic nitrogens is 1. The molecule has 0 bridgehead atoms. The summed E-state index contributed by atoms with van der Waals surface area (Å²) in [4.78, 5) is 16.2. The highest BCUT2D eigenvalue weighted by atomic mass is 32.2. The Hall–Kier alpha value is -1.01. The van der Waals surface area contributed by atoms with Gasteiger partial charge in [-0.05, 0) is 41.2 Å². The fourth-order valence-corrected chi connectivity index (χ4v) is 2.54. The Labute approximate surface area is 118 Å². The Morgan fingerprint density at radius 2 is 2.21 bits per heavy atom. The van der Waals surface area contributed by atoms with E-state index in [-0.39, 0.29) is 5.97 Å². The number of hydrogen-bond donors (Lipinski definition) is 1. The van der Waals surface area contributed by atoms with Crippen molar-refractivity contribution in [2.24, 2.45) is 0 Å². The van der Waals surface area contributed by atoms with Gasteiger partial charge < -0.3 is 14.5 Å². The average Bonchev–Trinajstić information content (AvgIpc) is 2.68. The van der Waals surface area contributed by atoms with Crippen LogP contribution in [0.3, 0.4) is 0 Å². The van der Waals surface area contributed by atoms with Gasteiger partial charge in [0.25, 0.3) is 5.22 Å². The van der Waals surface area contributed by atoms with Crippen LogP contribution in [0.25, 0.3) is 0 Å². The fourth-order valence-electron chi connectivity index (χ4n) is 1.47. The van der Waals surface area contributed by atoms with Crippen molar-refractivity contribution in [1.29, 1.82) is 0 Å². The van der Waals surface area contributed by atoms with E-state index in [4.69, 9.17) is 9.15 Å². The van der Waals surface area contributed by atoms with E-state index in [9.17, 15) is 4.79 Å². The van der Waals surface area contributed by atoms with E-state index in [0.717, 1.165) is 17.2 Å². The van der Waals surface area contributed by atoms with E-state index in [2.05, 4.69) is 10.3 Å². The van der Waals surface area contributed by atoms with E-state index in [1.807, 2.05) is 20.8 Å². The molecule has 0 saturated carbocycles. The average molecular weight is 286 g/mol. The third-order valence-electron chi connectivity index (χ3n) is 3.11. The second kappa shape index (κ2) is 6.96. The number of thioether (sulfide) groups is 1. The van der Waals surface area contributed by atoms with Gasteiger partial charge in [0, 0.05) is 5.75 Å². The zero-order chi connectivity index (χ0) is 14.5. The van der Waals surface area contributed by atoms with Crippen LogP contribution in [0.4, 0.5) is 0 Å². The SMILES string of the molecule is CCOC(=O)C(C)(CCSc1nc(C)c(C)o1)NC. The molecule has 5 nitrogen and oxygen atoms in total. The number of esters is 1. The molecule has 0 saturated heterocycles. The number of oxazole rings is 1. The first-order valence-electron chi connectivity index (χ1n) is 6.36. The van der Waals surface area contributed by atoms with Crippen molar-refractivity contribution in [3.8, 4) is 0 Å². The van der Waals surface area contributed by atoms with Crippen molar-refractivity contribution in [2.45, 2.75) is 44.9 Å². The summed E-state index contributed by atoms with van der Waals surface area (Å²) in [5.74, 6) is 1.34. The van der Waals surface area contributed by atoms with Gasteiger partial charge in [-0.3, -0.25) is 4.79 Å². The monoisotopic (exact) mass is 286 g/mol. The predicted octanol–water partition coefficient (Wildman–Crippen LogP) is 2.31. The number of aryl methyl sites for hydroxylation is 2. The third-order valence-corrected chi connectivity index (χ3v) is 3.94. The molecule has 108 valence electrons. The zero-order valence-corrected chi connectivity index (χ0v) is 13.0. The van der Waals surface area contributed by atoms with Gasteiger partial charge in [0.15, 0.2) is 0 Å². The number of hydrogen-bond acceptors (Lipinski definition) is 6. The quantitative estimate of drug-likeness (QED) is 0.613. The molecule has 1 heterocycles. The van der Waals surface area contributed by atoms with Crippen LogP contribution in [-0.4, -0.2) is 35.9 Å². The van der Waals surface area contributed by atoms with Gasteiger partial charge in [0.05, 0.1) is 12.3 Å². The number of ether oxygens (including phenoxy) is 1. The van der Waals surface area contributed by atoms with Crippen LogP contribution in [0.2, 0.25) is 0 Å². The lowest BCUT2D eigenvalue weighted by Crippen LogP contribution is -2.49. The smallest absolute Gasteiger partial charge is 0.326 e. The molecule has 0 aliphatic carbocycles. The lowest BCUT2D eigenvalue weighted by atomic mass is 10.00. The normalized spacial score (nSPS) is 14.2. The summed E-state index contributed by atoms with van der Waals surface area (Å²) < 4.78 is 10.6. The van der Waals surface area contributed by atoms with Gasteiger partial charge in [-0.15, -0.1) is 0 Å². The molecule has 0 amide bonds. The van der Waals surface area contributed by atoms with Crippen LogP contribution >= 0.6 is 11.8 Å². The highest BCUT2D eigenvalue weighted by Gasteiger charge is 2.32. The van der Waals surface area contributed by atoms with Crippen molar-refractivity contribution in [3.63, 3.8) is 0 Å². The first-order valence-corrected chi connectivity index (χ1v) is 7.34. The number of nitrogens with one attached hydrogen (secondary N) is 1. The molecule has 0 aliphatic rings. The van der Waals surface area contributed by atoms with E-state index < -0.39 is 5.54 Å². The predicted molar refractivity (Wildman–Crippen MR) is 75.4 cm³/mol. The lowest BCUT2D eigenvalue weighted by molar-refractivity contribution is -0.150. The Bertz CT molecular complexity index is 414. The summed E-state index contributed by atoms with van der Waals surface area (Å²) in [5, 5.41) is 3.68. The summed E-state index contributed by atoms with van der Waals surface area (Å²) in [6.45, 7) is 7.85. The molecule has 1 aromatic heterocycles. The minimum absolute atomic E-state index is 0.224. The van der Waals surface area contributed by atoms with E-state index >= 15 is 0 Å². The maximum atomic E-state index is 11.9. The molecular weight excluding hydrogens is 264 g/mol. The molecule has 1 aromatic rings. The van der Waals surface area contributed by atoms with Crippen molar-refractivity contribution in [2.75, 3.05) is 19.4 Å². The molecule has 1 N–H and O–H groups in total. The number of rotatable bonds is 7. The largest absolute Gasteiger partial charge is 0.465 e. The molecule has 0 fully saturated rings. The van der Waals surface area contributed by atoms with E-state index in [0.29, 0.717) is 18.3 Å². The summed E-state index contributed by atoms with van der Waals surface area (Å²) in [7, 11) is 1.76. The number of carbonyl (C=O) groups excluding carboxylic acids is 1. The van der Waals surface area contributed by atoms with Gasteiger partial charge >= 0.3 is 5.97 Å². The summed E-state index contributed by atoms with van der Waals surface area (Å²) in [5.41, 5.74) is 0.240. The van der Waals surface area contributed by atoms with Crippen LogP contribution in [0.1, 0.15) is 31.7 Å². The molecular formula is C13H22N2O3S. The summed E-state index contributed by atoms with van der Waals surface area (Å²) in [6, 6.07) is 0. The second-order valence-electron chi connectivity index (χ2n) is 4.52. The molecule has 1 unspecified atom stereocenters. The fraction of sp³-hybridized carbons (Fsp3) is 0.692. The van der Waals surface area contributed by atoms with Gasteiger partial charge in [0.1, 0.15) is 11.3 Å². The summed E-state index contributed by atoms with van der Waals surface area (Å²) in [6.07, 6.45) is 0.646. The number of likely N-dealkylation sites (N-methyl/N-ethyl adjacent to an activating group) is 1. The number of nitrogens with zero attached hydrogens (tertiary/aromatic N) is 1. The van der Waals surface area contributed by atoms with Crippen LogP contribution in [-0.2, 0) is 9.53 Å². The highest BCUT2D eigenvalue weighted by Crippen LogP contribution is 2.23. The van der Waals surface area contributed by atoms with Gasteiger partial charge in [-0.2, -0.15) is 0 Å². The summed E-state index contributed by atoms with van der Waals surface area (Å²) >= 11 is 1.51. The Morgan fingerprint density at radius 1 is 1.53 bits per heavy atom. The van der Waals surface area contributed by atoms with Crippen molar-refractivity contribution in [3.05, 3.63) is 11.5 Å². The Morgan fingerprint density at radius 3 is 2.68 bits per heavy atom. The van der Waals surface area contributed by atoms with Crippen molar-refractivity contribution in [1.82, 2.24) is 10.3 Å². The van der Waals surface area contributed by atoms with Crippen molar-refractivity contribution >= 4 is 17.7 Å². The Kier molecular flexibility index (Phi) is 5.87. The van der Waals surface area contributed by atoms with Crippen LogP contribution in [0.15, 0.2) is 9.64 Å². The maximum absolute atomic E-state index is 11.9. The van der Waals surface area contributed by atoms with Crippen LogP contribution < -0.4 is 5.32 Å². The molecule has 0 radical (unpaired) electrons. The minimum atomic E-state index is -0.667. The Balaban J connectivity index is 2.51. The maximum Gasteiger partial charge on any atom is 0.326 e. The van der Waals surface area contributed by atoms with Crippen molar-refractivity contribution < 1.29 is 13.9 Å². The van der Waals surface area contributed by atoms with Crippen LogP contribution in [0, 0.1) is 13.8 Å². The van der Waals surface area contributed by atoms with E-state index in [1.165, 1.54) is 11.8 Å². The first-order chi connectivity index (χ1) is 8.92. The third kappa shape index (κ3) is 4.24. The zero-order valence-electron chi connectivity index (χ0n) is 12.2. The minimum Gasteiger partial charge on any atom is -0.465 e. The topological polar surface area (TPSA) is 64.4 Å². The molecule has 6 heteroatoms. The number of carbonyl (C=O) groups is 1. The second-order valence-corrected chi connectivity index (χ2v) is 5.57. The van der Waals surface area contributed by atoms with Gasteiger partial charge in [-0.25, -0.2) is 4.98 Å². The van der Waals surface area contributed by atoms with Gasteiger partial charge in [0.2, 0.25) is 0 Å². The standard InChI is InChI=1S/C13H22N2O3S/c1-6-17-11(16)13(4,14-5)7-8-19-12-15-9(2)10(3)18-12/h14H,6-8H2,1-5H3. The van der Waals surface area contributed by atoms with Crippen LogP contribution in [0.5, 0.6) is 0 Å². The molecule has 0 aromatic carbocycles. The highest BCUT2D eigenvalue weighted by molar-refractivity contribution is 7.99. The first kappa shape index (κ1) is 16.0. The lowest BCUT2D eigenvalue weighted by Gasteiger charge is -2.26. The van der Waals surface area contributed by atoms with E-state index in [1.54, 1.807) is 14.0 Å². The molecule has 1 rings (SSSR count). The van der Waals surface area contributed by atoms with Gasteiger partial charge in [-0.1, -0.05) is 11.8 Å². The molecule has 1 atom stereocenters. The molecule has 19 heavy (non-hydrogen) atoms.